The first-order chi connectivity index (χ1) is 11.2. The molecule has 2 aromatic carbocycles. The summed E-state index contributed by atoms with van der Waals surface area (Å²) in [5.41, 5.74) is 2.48. The van der Waals surface area contributed by atoms with Gasteiger partial charge in [0.2, 0.25) is 0 Å². The fraction of sp³-hybridized carbons (Fsp3) is 0.400. The molecular weight excluding hydrogens is 288 g/mol. The Morgan fingerprint density at radius 2 is 1.26 bits per heavy atom. The summed E-state index contributed by atoms with van der Waals surface area (Å²) < 4.78 is 17.2. The number of unbranched alkanes of at least 4 members (excludes halogenated alkanes) is 1. The molecule has 0 bridgehead atoms. The van der Waals surface area contributed by atoms with Gasteiger partial charge in [0.15, 0.2) is 11.5 Å². The summed E-state index contributed by atoms with van der Waals surface area (Å²) >= 11 is 0. The second kappa shape index (κ2) is 9.09. The van der Waals surface area contributed by atoms with Crippen LogP contribution in [0.15, 0.2) is 42.5 Å². The summed E-state index contributed by atoms with van der Waals surface area (Å²) in [4.78, 5) is 0. The first kappa shape index (κ1) is 17.2. The van der Waals surface area contributed by atoms with Crippen LogP contribution in [0.3, 0.4) is 0 Å². The minimum atomic E-state index is 0.643. The summed E-state index contributed by atoms with van der Waals surface area (Å²) in [6, 6.07) is 14.0. The highest BCUT2D eigenvalue weighted by Gasteiger charge is 2.04. The Kier molecular flexibility index (Phi) is 6.79. The Labute approximate surface area is 139 Å². The standard InChI is InChI=1S/C20H26O3/c1-4-21-19-11-5-6-12-20(19)23-15-8-7-14-22-18-13-9-10-16(2)17(18)3/h5-6,9-13H,4,7-8,14-15H2,1-3H3. The Morgan fingerprint density at radius 1 is 0.696 bits per heavy atom. The van der Waals surface area contributed by atoms with E-state index in [2.05, 4.69) is 19.9 Å². The number of hydrogen-bond donors (Lipinski definition) is 0. The maximum absolute atomic E-state index is 5.85. The lowest BCUT2D eigenvalue weighted by Gasteiger charge is -2.12. The number of aryl methyl sites for hydroxylation is 1. The van der Waals surface area contributed by atoms with Crippen LogP contribution < -0.4 is 14.2 Å². The third-order valence-corrected chi connectivity index (χ3v) is 3.76. The highest BCUT2D eigenvalue weighted by atomic mass is 16.5. The Hall–Kier alpha value is -2.16. The Balaban J connectivity index is 1.69. The van der Waals surface area contributed by atoms with Crippen LogP contribution in [0, 0.1) is 13.8 Å². The summed E-state index contributed by atoms with van der Waals surface area (Å²) in [6.45, 7) is 8.19. The maximum Gasteiger partial charge on any atom is 0.161 e. The van der Waals surface area contributed by atoms with Crippen LogP contribution in [0.1, 0.15) is 30.9 Å². The van der Waals surface area contributed by atoms with Gasteiger partial charge >= 0.3 is 0 Å². The normalized spacial score (nSPS) is 10.4. The molecule has 0 aliphatic carbocycles. The molecule has 0 saturated heterocycles. The number of hydrogen-bond acceptors (Lipinski definition) is 3. The van der Waals surface area contributed by atoms with Crippen molar-refractivity contribution in [3.8, 4) is 17.2 Å². The largest absolute Gasteiger partial charge is 0.493 e. The van der Waals surface area contributed by atoms with Gasteiger partial charge < -0.3 is 14.2 Å². The molecule has 0 aliphatic rings. The predicted octanol–water partition coefficient (Wildman–Crippen LogP) is 4.94. The Morgan fingerprint density at radius 3 is 1.91 bits per heavy atom. The van der Waals surface area contributed by atoms with Crippen molar-refractivity contribution in [3.05, 3.63) is 53.6 Å². The van der Waals surface area contributed by atoms with Gasteiger partial charge in [-0.3, -0.25) is 0 Å². The lowest BCUT2D eigenvalue weighted by Crippen LogP contribution is -2.04. The second-order valence-corrected chi connectivity index (χ2v) is 5.48. The van der Waals surface area contributed by atoms with Crippen molar-refractivity contribution in [1.29, 1.82) is 0 Å². The summed E-state index contributed by atoms with van der Waals surface area (Å²) in [5.74, 6) is 2.60. The molecule has 0 amide bonds. The van der Waals surface area contributed by atoms with E-state index in [1.165, 1.54) is 11.1 Å². The van der Waals surface area contributed by atoms with E-state index in [0.29, 0.717) is 19.8 Å². The number of ether oxygens (including phenoxy) is 3. The number of para-hydroxylation sites is 2. The van der Waals surface area contributed by atoms with Crippen LogP contribution in [0.5, 0.6) is 17.2 Å². The number of benzene rings is 2. The van der Waals surface area contributed by atoms with Crippen molar-refractivity contribution < 1.29 is 14.2 Å². The van der Waals surface area contributed by atoms with Crippen LogP contribution in [0.4, 0.5) is 0 Å². The molecule has 0 radical (unpaired) electrons. The zero-order chi connectivity index (χ0) is 16.5. The minimum absolute atomic E-state index is 0.643. The monoisotopic (exact) mass is 314 g/mol. The summed E-state index contributed by atoms with van der Waals surface area (Å²) in [6.07, 6.45) is 1.91. The lowest BCUT2D eigenvalue weighted by atomic mass is 10.1. The third kappa shape index (κ3) is 5.20. The maximum atomic E-state index is 5.85. The second-order valence-electron chi connectivity index (χ2n) is 5.48. The van der Waals surface area contributed by atoms with Crippen molar-refractivity contribution in [2.24, 2.45) is 0 Å². The van der Waals surface area contributed by atoms with Gasteiger partial charge in [-0.1, -0.05) is 24.3 Å². The lowest BCUT2D eigenvalue weighted by molar-refractivity contribution is 0.251. The van der Waals surface area contributed by atoms with Crippen molar-refractivity contribution in [3.63, 3.8) is 0 Å². The molecule has 2 rings (SSSR count). The van der Waals surface area contributed by atoms with E-state index in [1.807, 2.05) is 43.3 Å². The molecule has 0 spiro atoms. The molecule has 0 unspecified atom stereocenters. The molecule has 3 heteroatoms. The van der Waals surface area contributed by atoms with Crippen molar-refractivity contribution in [2.45, 2.75) is 33.6 Å². The van der Waals surface area contributed by atoms with E-state index in [9.17, 15) is 0 Å². The molecule has 0 N–H and O–H groups in total. The predicted molar refractivity (Wildman–Crippen MR) is 93.8 cm³/mol. The molecule has 124 valence electrons. The van der Waals surface area contributed by atoms with E-state index >= 15 is 0 Å². The first-order valence-electron chi connectivity index (χ1n) is 8.26. The van der Waals surface area contributed by atoms with Gasteiger partial charge in [-0.2, -0.15) is 0 Å². The molecule has 0 fully saturated rings. The van der Waals surface area contributed by atoms with Crippen LogP contribution in [-0.4, -0.2) is 19.8 Å². The van der Waals surface area contributed by atoms with Gasteiger partial charge in [-0.05, 0) is 62.9 Å². The van der Waals surface area contributed by atoms with Crippen LogP contribution in [0.25, 0.3) is 0 Å². The molecular formula is C20H26O3. The van der Waals surface area contributed by atoms with E-state index < -0.39 is 0 Å². The zero-order valence-electron chi connectivity index (χ0n) is 14.3. The summed E-state index contributed by atoms with van der Waals surface area (Å²) in [7, 11) is 0. The first-order valence-corrected chi connectivity index (χ1v) is 8.26. The van der Waals surface area contributed by atoms with Crippen LogP contribution in [0.2, 0.25) is 0 Å². The van der Waals surface area contributed by atoms with Gasteiger partial charge in [0, 0.05) is 0 Å². The fourth-order valence-electron chi connectivity index (χ4n) is 2.29. The molecule has 2 aromatic rings. The highest BCUT2D eigenvalue weighted by Crippen LogP contribution is 2.26. The molecule has 0 heterocycles. The summed E-state index contributed by atoms with van der Waals surface area (Å²) in [5, 5.41) is 0. The average Bonchev–Trinajstić information content (AvgIpc) is 2.56. The molecule has 0 atom stereocenters. The van der Waals surface area contributed by atoms with E-state index in [4.69, 9.17) is 14.2 Å². The zero-order valence-corrected chi connectivity index (χ0v) is 14.3. The topological polar surface area (TPSA) is 27.7 Å². The molecule has 23 heavy (non-hydrogen) atoms. The number of rotatable bonds is 9. The minimum Gasteiger partial charge on any atom is -0.493 e. The van der Waals surface area contributed by atoms with Crippen molar-refractivity contribution in [2.75, 3.05) is 19.8 Å². The fourth-order valence-corrected chi connectivity index (χ4v) is 2.29. The van der Waals surface area contributed by atoms with Crippen LogP contribution in [-0.2, 0) is 0 Å². The Bertz CT molecular complexity index is 608. The van der Waals surface area contributed by atoms with Gasteiger partial charge in [0.1, 0.15) is 5.75 Å². The van der Waals surface area contributed by atoms with Crippen molar-refractivity contribution in [1.82, 2.24) is 0 Å². The third-order valence-electron chi connectivity index (χ3n) is 3.76. The molecule has 3 nitrogen and oxygen atoms in total. The smallest absolute Gasteiger partial charge is 0.161 e. The van der Waals surface area contributed by atoms with E-state index in [-0.39, 0.29) is 0 Å². The molecule has 0 aromatic heterocycles. The van der Waals surface area contributed by atoms with Crippen LogP contribution >= 0.6 is 0 Å². The van der Waals surface area contributed by atoms with E-state index in [1.54, 1.807) is 0 Å². The van der Waals surface area contributed by atoms with Gasteiger partial charge in [-0.25, -0.2) is 0 Å². The average molecular weight is 314 g/mol. The molecule has 0 aliphatic heterocycles. The SMILES string of the molecule is CCOc1ccccc1OCCCCOc1cccc(C)c1C. The van der Waals surface area contributed by atoms with E-state index in [0.717, 1.165) is 30.1 Å². The quantitative estimate of drug-likeness (QED) is 0.614. The van der Waals surface area contributed by atoms with Gasteiger partial charge in [0.25, 0.3) is 0 Å². The van der Waals surface area contributed by atoms with Crippen molar-refractivity contribution >= 4 is 0 Å². The van der Waals surface area contributed by atoms with Gasteiger partial charge in [0.05, 0.1) is 19.8 Å². The van der Waals surface area contributed by atoms with Gasteiger partial charge in [-0.15, -0.1) is 0 Å². The highest BCUT2D eigenvalue weighted by molar-refractivity contribution is 5.39. The molecule has 0 saturated carbocycles.